The Labute approximate surface area is 142 Å². The lowest BCUT2D eigenvalue weighted by Crippen LogP contribution is -2.34. The lowest BCUT2D eigenvalue weighted by molar-refractivity contribution is -0.119. The van der Waals surface area contributed by atoms with Gasteiger partial charge < -0.3 is 11.1 Å². The zero-order valence-electron chi connectivity index (χ0n) is 13.3. The predicted molar refractivity (Wildman–Crippen MR) is 92.1 cm³/mol. The molecule has 0 radical (unpaired) electrons. The molecule has 0 bridgehead atoms. The highest BCUT2D eigenvalue weighted by molar-refractivity contribution is 6.03. The molecule has 1 aromatic heterocycles. The lowest BCUT2D eigenvalue weighted by atomic mass is 10.1. The third-order valence-electron chi connectivity index (χ3n) is 3.79. The van der Waals surface area contributed by atoms with Gasteiger partial charge in [0, 0.05) is 0 Å². The Morgan fingerprint density at radius 3 is 2.56 bits per heavy atom. The van der Waals surface area contributed by atoms with Crippen molar-refractivity contribution in [3.8, 4) is 0 Å². The Morgan fingerprint density at radius 2 is 1.80 bits per heavy atom. The zero-order chi connectivity index (χ0) is 18.0. The number of benzene rings is 2. The van der Waals surface area contributed by atoms with Crippen molar-refractivity contribution < 1.29 is 9.59 Å². The fourth-order valence-electron chi connectivity index (χ4n) is 2.41. The summed E-state index contributed by atoms with van der Waals surface area (Å²) < 4.78 is 1.00. The first-order valence-electron chi connectivity index (χ1n) is 7.53. The van der Waals surface area contributed by atoms with E-state index in [1.54, 1.807) is 42.5 Å². The van der Waals surface area contributed by atoms with Crippen LogP contribution in [0.4, 0.5) is 5.69 Å². The van der Waals surface area contributed by atoms with Crippen molar-refractivity contribution in [2.45, 2.75) is 13.0 Å². The van der Waals surface area contributed by atoms with Crippen LogP contribution in [0.2, 0.25) is 0 Å². The number of aromatic nitrogens is 3. The Kier molecular flexibility index (Phi) is 4.25. The Balaban J connectivity index is 1.93. The van der Waals surface area contributed by atoms with Crippen LogP contribution in [0.5, 0.6) is 0 Å². The van der Waals surface area contributed by atoms with E-state index in [9.17, 15) is 14.4 Å². The molecule has 0 spiro atoms. The van der Waals surface area contributed by atoms with Crippen LogP contribution < -0.4 is 16.6 Å². The molecule has 0 aliphatic heterocycles. The first kappa shape index (κ1) is 16.3. The van der Waals surface area contributed by atoms with Crippen molar-refractivity contribution in [2.24, 2.45) is 5.73 Å². The number of hydrogen-bond donors (Lipinski definition) is 2. The first-order chi connectivity index (χ1) is 12.0. The van der Waals surface area contributed by atoms with Crippen LogP contribution in [-0.2, 0) is 4.79 Å². The minimum absolute atomic E-state index is 0.181. The molecular formula is C17H15N5O3. The normalized spacial score (nSPS) is 11.9. The number of nitrogens with two attached hydrogens (primary N) is 1. The van der Waals surface area contributed by atoms with Gasteiger partial charge >= 0.3 is 0 Å². The molecule has 0 fully saturated rings. The van der Waals surface area contributed by atoms with Crippen molar-refractivity contribution in [2.75, 3.05) is 5.32 Å². The summed E-state index contributed by atoms with van der Waals surface area (Å²) in [5, 5.41) is 10.8. The molecule has 2 amide bonds. The molecule has 8 heteroatoms. The third-order valence-corrected chi connectivity index (χ3v) is 3.79. The summed E-state index contributed by atoms with van der Waals surface area (Å²) in [7, 11) is 0. The van der Waals surface area contributed by atoms with Gasteiger partial charge in [-0.3, -0.25) is 14.4 Å². The first-order valence-corrected chi connectivity index (χ1v) is 7.53. The maximum atomic E-state index is 12.5. The number of nitrogens with zero attached hydrogens (tertiary/aromatic N) is 3. The Morgan fingerprint density at radius 1 is 1.12 bits per heavy atom. The zero-order valence-corrected chi connectivity index (χ0v) is 13.3. The average Bonchev–Trinajstić information content (AvgIpc) is 2.62. The van der Waals surface area contributed by atoms with Gasteiger partial charge in [0.05, 0.1) is 16.6 Å². The van der Waals surface area contributed by atoms with Gasteiger partial charge in [0.15, 0.2) is 0 Å². The molecule has 2 aromatic carbocycles. The number of anilines is 1. The van der Waals surface area contributed by atoms with E-state index >= 15 is 0 Å². The largest absolute Gasteiger partial charge is 0.366 e. The molecule has 1 unspecified atom stereocenters. The summed E-state index contributed by atoms with van der Waals surface area (Å²) in [4.78, 5) is 36.4. The van der Waals surface area contributed by atoms with E-state index in [-0.39, 0.29) is 11.3 Å². The summed E-state index contributed by atoms with van der Waals surface area (Å²) >= 11 is 0. The van der Waals surface area contributed by atoms with Gasteiger partial charge in [0.25, 0.3) is 11.5 Å². The van der Waals surface area contributed by atoms with E-state index < -0.39 is 23.4 Å². The van der Waals surface area contributed by atoms with Crippen LogP contribution in [0.25, 0.3) is 10.9 Å². The Hall–Kier alpha value is -3.55. The summed E-state index contributed by atoms with van der Waals surface area (Å²) in [5.41, 5.74) is 5.78. The summed E-state index contributed by atoms with van der Waals surface area (Å²) in [6.45, 7) is 1.52. The van der Waals surface area contributed by atoms with Crippen molar-refractivity contribution in [1.82, 2.24) is 15.0 Å². The highest BCUT2D eigenvalue weighted by Gasteiger charge is 2.20. The van der Waals surface area contributed by atoms with Crippen LogP contribution in [0.1, 0.15) is 23.3 Å². The second-order valence-electron chi connectivity index (χ2n) is 5.43. The minimum atomic E-state index is -0.925. The van der Waals surface area contributed by atoms with Gasteiger partial charge in [0.2, 0.25) is 5.91 Å². The monoisotopic (exact) mass is 337 g/mol. The number of carbonyl (C=O) groups is 2. The van der Waals surface area contributed by atoms with Gasteiger partial charge in [-0.2, -0.15) is 4.68 Å². The number of primary amides is 1. The fourth-order valence-corrected chi connectivity index (χ4v) is 2.41. The average molecular weight is 337 g/mol. The fraction of sp³-hybridized carbons (Fsp3) is 0.118. The van der Waals surface area contributed by atoms with Gasteiger partial charge in [-0.05, 0) is 31.2 Å². The number of para-hydroxylation sites is 1. The maximum absolute atomic E-state index is 12.5. The van der Waals surface area contributed by atoms with Gasteiger partial charge in [-0.1, -0.05) is 29.5 Å². The molecule has 0 saturated heterocycles. The molecule has 126 valence electrons. The lowest BCUT2D eigenvalue weighted by Gasteiger charge is -2.15. The van der Waals surface area contributed by atoms with Crippen molar-refractivity contribution in [3.05, 3.63) is 64.4 Å². The van der Waals surface area contributed by atoms with E-state index in [1.807, 2.05) is 0 Å². The van der Waals surface area contributed by atoms with E-state index in [0.29, 0.717) is 10.9 Å². The minimum Gasteiger partial charge on any atom is -0.366 e. The number of fused-ring (bicyclic) bond motifs is 1. The third kappa shape index (κ3) is 3.09. The molecule has 3 aromatic rings. The van der Waals surface area contributed by atoms with Crippen LogP contribution in [-0.4, -0.2) is 26.8 Å². The second-order valence-corrected chi connectivity index (χ2v) is 5.43. The molecule has 1 heterocycles. The van der Waals surface area contributed by atoms with Crippen molar-refractivity contribution >= 4 is 28.4 Å². The number of amides is 2. The van der Waals surface area contributed by atoms with Gasteiger partial charge in [0.1, 0.15) is 11.6 Å². The Bertz CT molecular complexity index is 1030. The summed E-state index contributed by atoms with van der Waals surface area (Å²) in [5.74, 6) is -1.17. The topological polar surface area (TPSA) is 120 Å². The number of rotatable bonds is 4. The highest BCUT2D eigenvalue weighted by atomic mass is 16.2. The van der Waals surface area contributed by atoms with E-state index in [2.05, 4.69) is 15.6 Å². The summed E-state index contributed by atoms with van der Waals surface area (Å²) in [6.07, 6.45) is 0. The van der Waals surface area contributed by atoms with Crippen molar-refractivity contribution in [1.29, 1.82) is 0 Å². The maximum Gasteiger partial charge on any atom is 0.278 e. The summed E-state index contributed by atoms with van der Waals surface area (Å²) in [6, 6.07) is 12.2. The number of nitrogens with one attached hydrogen (secondary N) is 1. The standard InChI is InChI=1S/C17H15N5O3/c1-10(16(24)19-13-8-4-2-6-11(13)15(18)23)22-17(25)12-7-3-5-9-14(12)20-21-22/h2-10H,1H3,(H2,18,23)(H,19,24). The van der Waals surface area contributed by atoms with Crippen LogP contribution >= 0.6 is 0 Å². The molecule has 3 N–H and O–H groups in total. The van der Waals surface area contributed by atoms with Crippen molar-refractivity contribution in [3.63, 3.8) is 0 Å². The van der Waals surface area contributed by atoms with Gasteiger partial charge in [-0.15, -0.1) is 5.10 Å². The predicted octanol–water partition coefficient (Wildman–Crippen LogP) is 1.09. The molecule has 3 rings (SSSR count). The van der Waals surface area contributed by atoms with Crippen LogP contribution in [0, 0.1) is 0 Å². The molecule has 25 heavy (non-hydrogen) atoms. The SMILES string of the molecule is CC(C(=O)Nc1ccccc1C(N)=O)n1nnc2ccccc2c1=O. The van der Waals surface area contributed by atoms with E-state index in [1.165, 1.54) is 13.0 Å². The van der Waals surface area contributed by atoms with Gasteiger partial charge in [-0.25, -0.2) is 0 Å². The van der Waals surface area contributed by atoms with Crippen LogP contribution in [0.15, 0.2) is 53.3 Å². The molecule has 1 atom stereocenters. The molecular weight excluding hydrogens is 322 g/mol. The quantitative estimate of drug-likeness (QED) is 0.738. The molecule has 0 aliphatic carbocycles. The van der Waals surface area contributed by atoms with Crippen LogP contribution in [0.3, 0.4) is 0 Å². The second kappa shape index (κ2) is 6.52. The van der Waals surface area contributed by atoms with E-state index in [0.717, 1.165) is 4.68 Å². The number of hydrogen-bond acceptors (Lipinski definition) is 5. The molecule has 8 nitrogen and oxygen atoms in total. The highest BCUT2D eigenvalue weighted by Crippen LogP contribution is 2.16. The smallest absolute Gasteiger partial charge is 0.278 e. The van der Waals surface area contributed by atoms with E-state index in [4.69, 9.17) is 5.73 Å². The molecule has 0 saturated carbocycles. The number of carbonyl (C=O) groups excluding carboxylic acids is 2. The molecule has 0 aliphatic rings.